The van der Waals surface area contributed by atoms with Crippen LogP contribution in [-0.2, 0) is 24.0 Å². The van der Waals surface area contributed by atoms with E-state index in [1.807, 2.05) is 0 Å². The maximum absolute atomic E-state index is 13.8. The van der Waals surface area contributed by atoms with E-state index in [1.54, 1.807) is 37.3 Å². The number of nitrogens with zero attached hydrogens (tertiary/aromatic N) is 1. The van der Waals surface area contributed by atoms with Crippen LogP contribution in [0.3, 0.4) is 0 Å². The summed E-state index contributed by atoms with van der Waals surface area (Å²) in [6.07, 6.45) is 3.05. The molecule has 12 heteroatoms. The molecule has 0 unspecified atom stereocenters. The van der Waals surface area contributed by atoms with Crippen LogP contribution in [0.2, 0.25) is 5.02 Å². The van der Waals surface area contributed by atoms with Crippen molar-refractivity contribution in [2.45, 2.75) is 51.1 Å². The molecule has 5 atom stereocenters. The van der Waals surface area contributed by atoms with Crippen molar-refractivity contribution in [2.24, 2.45) is 17.8 Å². The SMILES string of the molecule is CCNC(=O)C(=O)[C@H](C[C@@H]1CCNC1=O)NC(=O)[C@@H]1[C@H]2CCC[C@H]2CN1C(=O)COc1ccc(-c2ccc(F)cc2)cc1Cl. The maximum Gasteiger partial charge on any atom is 0.289 e. The van der Waals surface area contributed by atoms with E-state index in [-0.39, 0.29) is 53.9 Å². The molecule has 2 heterocycles. The Morgan fingerprint density at radius 3 is 2.52 bits per heavy atom. The largest absolute Gasteiger partial charge is 0.482 e. The first kappa shape index (κ1) is 31.4. The number of fused-ring (bicyclic) bond motifs is 1. The molecule has 0 spiro atoms. The van der Waals surface area contributed by atoms with Crippen LogP contribution in [0.25, 0.3) is 11.1 Å². The number of carbonyl (C=O) groups excluding carboxylic acids is 5. The van der Waals surface area contributed by atoms with Crippen LogP contribution in [0, 0.1) is 23.6 Å². The van der Waals surface area contributed by atoms with Crippen molar-refractivity contribution in [2.75, 3.05) is 26.2 Å². The van der Waals surface area contributed by atoms with E-state index < -0.39 is 41.5 Å². The number of ether oxygens (including phenoxy) is 1. The molecule has 10 nitrogen and oxygen atoms in total. The molecular weight excluding hydrogens is 591 g/mol. The predicted octanol–water partition coefficient (Wildman–Crippen LogP) is 2.87. The lowest BCUT2D eigenvalue weighted by molar-refractivity contribution is -0.143. The summed E-state index contributed by atoms with van der Waals surface area (Å²) in [5, 5.41) is 8.21. The van der Waals surface area contributed by atoms with Gasteiger partial charge in [0.2, 0.25) is 17.6 Å². The van der Waals surface area contributed by atoms with Crippen LogP contribution in [0.15, 0.2) is 42.5 Å². The number of hydrogen-bond donors (Lipinski definition) is 3. The Kier molecular flexibility index (Phi) is 9.83. The topological polar surface area (TPSA) is 134 Å². The van der Waals surface area contributed by atoms with Crippen molar-refractivity contribution < 1.29 is 33.1 Å². The van der Waals surface area contributed by atoms with Crippen LogP contribution in [-0.4, -0.2) is 72.6 Å². The van der Waals surface area contributed by atoms with Crippen LogP contribution < -0.4 is 20.7 Å². The van der Waals surface area contributed by atoms with E-state index in [2.05, 4.69) is 16.0 Å². The van der Waals surface area contributed by atoms with Crippen molar-refractivity contribution in [3.05, 3.63) is 53.3 Å². The molecule has 2 aliphatic heterocycles. The maximum atomic E-state index is 13.8. The Balaban J connectivity index is 1.28. The first-order valence-electron chi connectivity index (χ1n) is 15.0. The van der Waals surface area contributed by atoms with Gasteiger partial charge in [-0.2, -0.15) is 0 Å². The summed E-state index contributed by atoms with van der Waals surface area (Å²) in [5.74, 6) is -3.31. The molecule has 5 rings (SSSR count). The average molecular weight is 627 g/mol. The lowest BCUT2D eigenvalue weighted by atomic mass is 9.91. The summed E-state index contributed by atoms with van der Waals surface area (Å²) >= 11 is 6.44. The van der Waals surface area contributed by atoms with Gasteiger partial charge in [-0.05, 0) is 79.8 Å². The van der Waals surface area contributed by atoms with Gasteiger partial charge in [0.25, 0.3) is 11.8 Å². The number of ketones is 1. The highest BCUT2D eigenvalue weighted by atomic mass is 35.5. The van der Waals surface area contributed by atoms with Gasteiger partial charge in [-0.25, -0.2) is 4.39 Å². The molecule has 0 radical (unpaired) electrons. The number of Topliss-reactive ketones (excluding diaryl/α,β-unsaturated/α-hetero) is 1. The van der Waals surface area contributed by atoms with Crippen molar-refractivity contribution in [1.82, 2.24) is 20.9 Å². The zero-order chi connectivity index (χ0) is 31.4. The Labute approximate surface area is 260 Å². The molecule has 1 aliphatic carbocycles. The van der Waals surface area contributed by atoms with Crippen molar-refractivity contribution in [1.29, 1.82) is 0 Å². The Morgan fingerprint density at radius 1 is 1.09 bits per heavy atom. The highest BCUT2D eigenvalue weighted by Gasteiger charge is 2.50. The molecular formula is C32H36ClFN4O6. The number of amides is 4. The molecule has 2 saturated heterocycles. The van der Waals surface area contributed by atoms with Crippen molar-refractivity contribution in [3.8, 4) is 16.9 Å². The van der Waals surface area contributed by atoms with Gasteiger partial charge >= 0.3 is 0 Å². The number of likely N-dealkylation sites (tertiary alicyclic amines) is 1. The molecule has 3 N–H and O–H groups in total. The van der Waals surface area contributed by atoms with E-state index in [0.29, 0.717) is 19.5 Å². The predicted molar refractivity (Wildman–Crippen MR) is 160 cm³/mol. The quantitative estimate of drug-likeness (QED) is 0.329. The van der Waals surface area contributed by atoms with Crippen LogP contribution >= 0.6 is 11.6 Å². The molecule has 44 heavy (non-hydrogen) atoms. The fraction of sp³-hybridized carbons (Fsp3) is 0.469. The normalized spacial score (nSPS) is 23.1. The monoisotopic (exact) mass is 626 g/mol. The third-order valence-electron chi connectivity index (χ3n) is 8.82. The van der Waals surface area contributed by atoms with Gasteiger partial charge in [0.1, 0.15) is 17.6 Å². The molecule has 234 valence electrons. The van der Waals surface area contributed by atoms with Gasteiger partial charge in [0, 0.05) is 25.6 Å². The van der Waals surface area contributed by atoms with Crippen LogP contribution in [0.5, 0.6) is 5.75 Å². The molecule has 3 fully saturated rings. The van der Waals surface area contributed by atoms with E-state index in [1.165, 1.54) is 17.0 Å². The smallest absolute Gasteiger partial charge is 0.289 e. The van der Waals surface area contributed by atoms with E-state index >= 15 is 0 Å². The Bertz CT molecular complexity index is 1440. The minimum absolute atomic E-state index is 0.00215. The number of benzene rings is 2. The van der Waals surface area contributed by atoms with Gasteiger partial charge in [-0.3, -0.25) is 24.0 Å². The molecule has 1 saturated carbocycles. The van der Waals surface area contributed by atoms with E-state index in [0.717, 1.165) is 30.4 Å². The van der Waals surface area contributed by atoms with Crippen LogP contribution in [0.4, 0.5) is 4.39 Å². The summed E-state index contributed by atoms with van der Waals surface area (Å²) in [6.45, 7) is 2.40. The summed E-state index contributed by atoms with van der Waals surface area (Å²) in [7, 11) is 0. The van der Waals surface area contributed by atoms with E-state index in [9.17, 15) is 28.4 Å². The number of carbonyl (C=O) groups is 5. The lowest BCUT2D eigenvalue weighted by Gasteiger charge is -2.29. The number of rotatable bonds is 11. The zero-order valence-electron chi connectivity index (χ0n) is 24.4. The van der Waals surface area contributed by atoms with Gasteiger partial charge in [0.15, 0.2) is 6.61 Å². The second-order valence-corrected chi connectivity index (χ2v) is 12.0. The second-order valence-electron chi connectivity index (χ2n) is 11.6. The molecule has 0 aromatic heterocycles. The summed E-state index contributed by atoms with van der Waals surface area (Å²) < 4.78 is 19.1. The minimum Gasteiger partial charge on any atom is -0.482 e. The van der Waals surface area contributed by atoms with Gasteiger partial charge in [0.05, 0.1) is 11.1 Å². The third-order valence-corrected chi connectivity index (χ3v) is 9.11. The molecule has 3 aliphatic rings. The first-order valence-corrected chi connectivity index (χ1v) is 15.4. The standard InChI is InChI=1S/C32H36ClFN4O6/c1-2-35-32(43)29(40)25(15-20-12-13-36-30(20)41)37-31(42)28-23-5-3-4-21(23)16-38(28)27(39)17-44-26-11-8-19(14-24(26)33)18-6-9-22(34)10-7-18/h6-11,14,20-21,23,25,28H,2-5,12-13,15-17H2,1H3,(H,35,43)(H,36,41)(H,37,42)/t20-,21-,23-,25-,28-/m0/s1. The fourth-order valence-corrected chi connectivity index (χ4v) is 6.84. The number of halogens is 2. The third kappa shape index (κ3) is 6.88. The van der Waals surface area contributed by atoms with Crippen LogP contribution in [0.1, 0.15) is 39.0 Å². The molecule has 2 aromatic carbocycles. The zero-order valence-corrected chi connectivity index (χ0v) is 25.2. The van der Waals surface area contributed by atoms with Crippen molar-refractivity contribution >= 4 is 41.0 Å². The average Bonchev–Trinajstić information content (AvgIpc) is 3.72. The number of likely N-dealkylation sites (N-methyl/N-ethyl adjacent to an activating group) is 1. The number of hydrogen-bond acceptors (Lipinski definition) is 6. The Hall–Kier alpha value is -3.99. The summed E-state index contributed by atoms with van der Waals surface area (Å²) in [6, 6.07) is 9.00. The summed E-state index contributed by atoms with van der Waals surface area (Å²) in [5.41, 5.74) is 1.52. The number of nitrogens with one attached hydrogen (secondary N) is 3. The van der Waals surface area contributed by atoms with Crippen molar-refractivity contribution in [3.63, 3.8) is 0 Å². The van der Waals surface area contributed by atoms with Gasteiger partial charge in [-0.1, -0.05) is 36.2 Å². The molecule has 2 aromatic rings. The van der Waals surface area contributed by atoms with E-state index in [4.69, 9.17) is 16.3 Å². The highest BCUT2D eigenvalue weighted by Crippen LogP contribution is 2.42. The highest BCUT2D eigenvalue weighted by molar-refractivity contribution is 6.38. The fourth-order valence-electron chi connectivity index (χ4n) is 6.61. The first-order chi connectivity index (χ1) is 21.2. The lowest BCUT2D eigenvalue weighted by Crippen LogP contribution is -2.55. The van der Waals surface area contributed by atoms with Gasteiger partial charge < -0.3 is 25.6 Å². The minimum atomic E-state index is -1.20. The van der Waals surface area contributed by atoms with Gasteiger partial charge in [-0.15, -0.1) is 0 Å². The summed E-state index contributed by atoms with van der Waals surface area (Å²) in [4.78, 5) is 66.5. The molecule has 4 amide bonds. The molecule has 0 bridgehead atoms. The second kappa shape index (κ2) is 13.8. The Morgan fingerprint density at radius 2 is 1.84 bits per heavy atom.